The first-order valence-electron chi connectivity index (χ1n) is 14.0. The van der Waals surface area contributed by atoms with E-state index in [-0.39, 0.29) is 5.91 Å². The summed E-state index contributed by atoms with van der Waals surface area (Å²) >= 11 is 0. The number of carbonyl (C=O) groups is 1. The van der Waals surface area contributed by atoms with E-state index in [4.69, 9.17) is 23.9 Å². The minimum absolute atomic E-state index is 0.337. The zero-order valence-corrected chi connectivity index (χ0v) is 22.9. The third kappa shape index (κ3) is 5.63. The van der Waals surface area contributed by atoms with E-state index in [0.29, 0.717) is 54.6 Å². The summed E-state index contributed by atoms with van der Waals surface area (Å²) < 4.78 is 24.7. The molecule has 0 saturated carbocycles. The van der Waals surface area contributed by atoms with Crippen LogP contribution in [0.1, 0.15) is 16.8 Å². The van der Waals surface area contributed by atoms with Crippen molar-refractivity contribution in [3.63, 3.8) is 0 Å². The number of rotatable bonds is 8. The molecule has 11 heteroatoms. The van der Waals surface area contributed by atoms with E-state index >= 15 is 0 Å². The third-order valence-corrected chi connectivity index (χ3v) is 7.58. The van der Waals surface area contributed by atoms with Gasteiger partial charge in [-0.2, -0.15) is 4.99 Å². The zero-order chi connectivity index (χ0) is 27.3. The van der Waals surface area contributed by atoms with Gasteiger partial charge in [0.05, 0.1) is 40.1 Å². The number of carbonyl (C=O) groups excluding carboxylic acids is 1. The maximum absolute atomic E-state index is 13.2. The molecule has 2 saturated heterocycles. The maximum atomic E-state index is 13.2. The number of nitrogens with one attached hydrogen (secondary N) is 1. The molecule has 1 amide bonds. The van der Waals surface area contributed by atoms with Crippen molar-refractivity contribution in [1.82, 2.24) is 14.5 Å². The first-order valence-corrected chi connectivity index (χ1v) is 14.0. The lowest BCUT2D eigenvalue weighted by Crippen LogP contribution is -2.37. The van der Waals surface area contributed by atoms with Crippen molar-refractivity contribution in [2.45, 2.75) is 13.0 Å². The number of anilines is 2. The van der Waals surface area contributed by atoms with Crippen LogP contribution in [0.25, 0.3) is 10.9 Å². The van der Waals surface area contributed by atoms with Gasteiger partial charge in [-0.05, 0) is 42.8 Å². The molecule has 0 bridgehead atoms. The van der Waals surface area contributed by atoms with Crippen LogP contribution in [-0.2, 0) is 16.0 Å². The van der Waals surface area contributed by atoms with Gasteiger partial charge < -0.3 is 29.2 Å². The van der Waals surface area contributed by atoms with Crippen LogP contribution in [0.4, 0.5) is 11.5 Å². The van der Waals surface area contributed by atoms with Gasteiger partial charge in [0, 0.05) is 62.5 Å². The molecule has 40 heavy (non-hydrogen) atoms. The number of methoxy groups -OCH3 is 1. The molecular formula is C29H36N6O5. The fraction of sp³-hybridized carbons (Fsp3) is 0.483. The van der Waals surface area contributed by atoms with Gasteiger partial charge in [-0.3, -0.25) is 14.3 Å². The average molecular weight is 549 g/mol. The molecule has 11 nitrogen and oxygen atoms in total. The number of benzene rings is 2. The third-order valence-electron chi connectivity index (χ3n) is 7.58. The second-order valence-electron chi connectivity index (χ2n) is 10.1. The van der Waals surface area contributed by atoms with Crippen LogP contribution in [0.15, 0.2) is 41.4 Å². The summed E-state index contributed by atoms with van der Waals surface area (Å²) in [6.45, 7) is 9.53. The van der Waals surface area contributed by atoms with E-state index in [0.717, 1.165) is 75.8 Å². The predicted octanol–water partition coefficient (Wildman–Crippen LogP) is 2.15. The zero-order valence-electron chi connectivity index (χ0n) is 22.9. The normalized spacial score (nSPS) is 18.0. The van der Waals surface area contributed by atoms with Crippen molar-refractivity contribution >= 4 is 28.3 Å². The van der Waals surface area contributed by atoms with Crippen LogP contribution in [0.3, 0.4) is 0 Å². The Balaban J connectivity index is 1.25. The number of aromatic nitrogens is 2. The number of ether oxygens (including phenoxy) is 4. The molecule has 0 spiro atoms. The van der Waals surface area contributed by atoms with E-state index in [1.807, 2.05) is 41.0 Å². The quantitative estimate of drug-likeness (QED) is 0.424. The Morgan fingerprint density at radius 1 is 1.00 bits per heavy atom. The summed E-state index contributed by atoms with van der Waals surface area (Å²) in [6.07, 6.45) is 0.898. The summed E-state index contributed by atoms with van der Waals surface area (Å²) in [7, 11) is 1.61. The van der Waals surface area contributed by atoms with E-state index in [2.05, 4.69) is 20.1 Å². The highest BCUT2D eigenvalue weighted by atomic mass is 16.5. The number of fused-ring (bicyclic) bond motifs is 3. The molecule has 0 unspecified atom stereocenters. The van der Waals surface area contributed by atoms with Gasteiger partial charge >= 0.3 is 0 Å². The van der Waals surface area contributed by atoms with Crippen molar-refractivity contribution in [3.05, 3.63) is 47.6 Å². The van der Waals surface area contributed by atoms with Gasteiger partial charge in [0.1, 0.15) is 11.3 Å². The summed E-state index contributed by atoms with van der Waals surface area (Å²) in [5.74, 6) is 1.70. The predicted molar refractivity (Wildman–Crippen MR) is 152 cm³/mol. The van der Waals surface area contributed by atoms with Crippen LogP contribution in [0, 0.1) is 0 Å². The lowest BCUT2D eigenvalue weighted by molar-refractivity contribution is 0.0357. The molecule has 0 radical (unpaired) electrons. The minimum atomic E-state index is -0.337. The van der Waals surface area contributed by atoms with Gasteiger partial charge in [-0.1, -0.05) is 0 Å². The molecule has 0 aliphatic carbocycles. The van der Waals surface area contributed by atoms with E-state index < -0.39 is 0 Å². The fourth-order valence-corrected chi connectivity index (χ4v) is 5.43. The molecular weight excluding hydrogens is 512 g/mol. The molecule has 1 N–H and O–H groups in total. The van der Waals surface area contributed by atoms with Crippen molar-refractivity contribution in [2.75, 3.05) is 89.6 Å². The topological polar surface area (TPSA) is 103 Å². The second kappa shape index (κ2) is 12.2. The molecule has 4 heterocycles. The smallest absolute Gasteiger partial charge is 0.280 e. The Kier molecular flexibility index (Phi) is 8.12. The van der Waals surface area contributed by atoms with Crippen molar-refractivity contribution in [2.24, 2.45) is 4.99 Å². The van der Waals surface area contributed by atoms with E-state index in [9.17, 15) is 4.79 Å². The van der Waals surface area contributed by atoms with Crippen LogP contribution in [0.5, 0.6) is 11.5 Å². The largest absolute Gasteiger partial charge is 0.491 e. The highest BCUT2D eigenvalue weighted by molar-refractivity contribution is 5.97. The van der Waals surface area contributed by atoms with Gasteiger partial charge in [0.15, 0.2) is 11.5 Å². The molecule has 2 aromatic carbocycles. The molecule has 1 aromatic heterocycles. The monoisotopic (exact) mass is 548 g/mol. The van der Waals surface area contributed by atoms with Crippen molar-refractivity contribution in [1.29, 1.82) is 0 Å². The highest BCUT2D eigenvalue weighted by Gasteiger charge is 2.21. The van der Waals surface area contributed by atoms with Crippen molar-refractivity contribution < 1.29 is 23.7 Å². The molecule has 3 aromatic rings. The van der Waals surface area contributed by atoms with Gasteiger partial charge in [-0.15, -0.1) is 0 Å². The first-order chi connectivity index (χ1) is 19.7. The SMILES string of the molecule is COc1c(OCCCN2CCOCC2)ccc2c3n(c(=NC(=O)c4ccc(N5CCOCC5)cc4)nc12)CCN3. The first kappa shape index (κ1) is 26.5. The number of amides is 1. The van der Waals surface area contributed by atoms with Crippen molar-refractivity contribution in [3.8, 4) is 11.5 Å². The Bertz CT molecular complexity index is 1410. The Hall–Kier alpha value is -3.67. The Morgan fingerprint density at radius 3 is 2.50 bits per heavy atom. The minimum Gasteiger partial charge on any atom is -0.491 e. The summed E-state index contributed by atoms with van der Waals surface area (Å²) in [5.41, 5.74) is 2.55. The summed E-state index contributed by atoms with van der Waals surface area (Å²) in [6, 6.07) is 11.5. The van der Waals surface area contributed by atoms with E-state index in [1.54, 1.807) is 7.11 Å². The van der Waals surface area contributed by atoms with Gasteiger partial charge in [0.2, 0.25) is 5.62 Å². The Labute approximate surface area is 233 Å². The number of morpholine rings is 2. The number of hydrogen-bond acceptors (Lipinski definition) is 9. The number of nitrogens with zero attached hydrogens (tertiary/aromatic N) is 5. The molecule has 2 fully saturated rings. The maximum Gasteiger partial charge on any atom is 0.280 e. The molecule has 3 aliphatic rings. The highest BCUT2D eigenvalue weighted by Crippen LogP contribution is 2.37. The lowest BCUT2D eigenvalue weighted by Gasteiger charge is -2.28. The van der Waals surface area contributed by atoms with Gasteiger partial charge in [-0.25, -0.2) is 4.98 Å². The van der Waals surface area contributed by atoms with Crippen LogP contribution < -0.4 is 25.3 Å². The number of hydrogen-bond donors (Lipinski definition) is 1. The summed E-state index contributed by atoms with van der Waals surface area (Å²) in [4.78, 5) is 27.1. The molecule has 3 aliphatic heterocycles. The fourth-order valence-electron chi connectivity index (χ4n) is 5.43. The lowest BCUT2D eigenvalue weighted by atomic mass is 10.2. The standard InChI is InChI=1S/C29H36N6O5/c1-37-26-24(40-16-2-10-33-12-17-38-18-13-33)8-7-23-25(26)31-29(35-11-9-30-27(23)35)32-28(36)21-3-5-22(6-4-21)34-14-19-39-20-15-34/h3-8,30H,2,9-20H2,1H3. The van der Waals surface area contributed by atoms with Crippen LogP contribution in [-0.4, -0.2) is 99.8 Å². The van der Waals surface area contributed by atoms with Crippen LogP contribution in [0.2, 0.25) is 0 Å². The molecule has 6 rings (SSSR count). The average Bonchev–Trinajstić information content (AvgIpc) is 3.51. The molecule has 212 valence electrons. The van der Waals surface area contributed by atoms with Crippen LogP contribution >= 0.6 is 0 Å². The Morgan fingerprint density at radius 2 is 1.75 bits per heavy atom. The molecule has 0 atom stereocenters. The summed E-state index contributed by atoms with van der Waals surface area (Å²) in [5, 5.41) is 4.32. The van der Waals surface area contributed by atoms with Gasteiger partial charge in [0.25, 0.3) is 5.91 Å². The van der Waals surface area contributed by atoms with E-state index in [1.165, 1.54) is 0 Å². The second-order valence-corrected chi connectivity index (χ2v) is 10.1.